The number of carbonyl (C=O) groups is 2. The maximum atomic E-state index is 13.9. The molecule has 1 N–H and O–H groups in total. The zero-order valence-electron chi connectivity index (χ0n) is 21.2. The van der Waals surface area contributed by atoms with Crippen molar-refractivity contribution in [3.8, 4) is 0 Å². The van der Waals surface area contributed by atoms with Crippen molar-refractivity contribution in [2.75, 3.05) is 17.4 Å². The van der Waals surface area contributed by atoms with Crippen LogP contribution in [0.4, 0.5) is 5.69 Å². The number of hydrogen-bond donors (Lipinski definition) is 1. The van der Waals surface area contributed by atoms with Gasteiger partial charge in [-0.25, -0.2) is 8.42 Å². The predicted octanol–water partition coefficient (Wildman–Crippen LogP) is 4.79. The highest BCUT2D eigenvalue weighted by molar-refractivity contribution is 7.92. The lowest BCUT2D eigenvalue weighted by atomic mass is 10.1. The second kappa shape index (κ2) is 12.7. The van der Waals surface area contributed by atoms with Crippen molar-refractivity contribution < 1.29 is 18.0 Å². The first-order chi connectivity index (χ1) is 17.7. The van der Waals surface area contributed by atoms with E-state index in [4.69, 9.17) is 11.6 Å². The number of sulfonamides is 1. The number of halogens is 1. The van der Waals surface area contributed by atoms with E-state index in [-0.39, 0.29) is 17.3 Å². The van der Waals surface area contributed by atoms with E-state index >= 15 is 0 Å². The standard InChI is InChI=1S/C28H32ClN3O4S/c1-4-26(28(34)30-5-2)31(19-22-13-15-23(29)16-14-22)27(33)20-32(24-9-7-6-8-10-24)37(35,36)25-17-11-21(3)12-18-25/h6-18,26H,4-5,19-20H2,1-3H3,(H,30,34)/t26-/m1/s1. The molecule has 0 saturated heterocycles. The highest BCUT2D eigenvalue weighted by atomic mass is 35.5. The summed E-state index contributed by atoms with van der Waals surface area (Å²) in [5.41, 5.74) is 2.05. The van der Waals surface area contributed by atoms with E-state index in [0.717, 1.165) is 15.4 Å². The fourth-order valence-corrected chi connectivity index (χ4v) is 5.50. The van der Waals surface area contributed by atoms with E-state index in [0.29, 0.717) is 23.7 Å². The van der Waals surface area contributed by atoms with Gasteiger partial charge in [0, 0.05) is 18.1 Å². The minimum Gasteiger partial charge on any atom is -0.355 e. The Balaban J connectivity index is 2.02. The average Bonchev–Trinajstić information content (AvgIpc) is 2.89. The SMILES string of the molecule is CCNC(=O)[C@@H](CC)N(Cc1ccc(Cl)cc1)C(=O)CN(c1ccccc1)S(=O)(=O)c1ccc(C)cc1. The van der Waals surface area contributed by atoms with Crippen LogP contribution in [-0.4, -0.2) is 44.3 Å². The minimum atomic E-state index is -4.07. The number of para-hydroxylation sites is 1. The number of anilines is 1. The highest BCUT2D eigenvalue weighted by Crippen LogP contribution is 2.25. The Labute approximate surface area is 224 Å². The van der Waals surface area contributed by atoms with Crippen molar-refractivity contribution in [2.24, 2.45) is 0 Å². The van der Waals surface area contributed by atoms with Crippen molar-refractivity contribution in [1.29, 1.82) is 0 Å². The summed E-state index contributed by atoms with van der Waals surface area (Å²) in [6.45, 7) is 5.57. The van der Waals surface area contributed by atoms with Gasteiger partial charge in [-0.3, -0.25) is 13.9 Å². The van der Waals surface area contributed by atoms with Crippen LogP contribution in [0.15, 0.2) is 83.8 Å². The molecule has 7 nitrogen and oxygen atoms in total. The summed E-state index contributed by atoms with van der Waals surface area (Å²) in [5, 5.41) is 3.34. The summed E-state index contributed by atoms with van der Waals surface area (Å²) in [6, 6.07) is 21.2. The lowest BCUT2D eigenvalue weighted by molar-refractivity contribution is -0.140. The first kappa shape index (κ1) is 28.2. The van der Waals surface area contributed by atoms with Gasteiger partial charge in [0.25, 0.3) is 10.0 Å². The molecule has 0 radical (unpaired) electrons. The average molecular weight is 542 g/mol. The molecule has 196 valence electrons. The van der Waals surface area contributed by atoms with Crippen LogP contribution >= 0.6 is 11.6 Å². The number of amides is 2. The normalized spacial score (nSPS) is 12.0. The van der Waals surface area contributed by atoms with Gasteiger partial charge in [-0.05, 0) is 62.2 Å². The lowest BCUT2D eigenvalue weighted by Crippen LogP contribution is -2.52. The molecule has 0 aromatic heterocycles. The Kier molecular flexibility index (Phi) is 9.72. The van der Waals surface area contributed by atoms with Gasteiger partial charge in [0.1, 0.15) is 12.6 Å². The van der Waals surface area contributed by atoms with Crippen molar-refractivity contribution in [3.05, 3.63) is 95.0 Å². The van der Waals surface area contributed by atoms with Crippen molar-refractivity contribution >= 4 is 39.1 Å². The summed E-state index contributed by atoms with van der Waals surface area (Å²) in [4.78, 5) is 28.3. The first-order valence-electron chi connectivity index (χ1n) is 12.1. The maximum absolute atomic E-state index is 13.9. The molecular weight excluding hydrogens is 510 g/mol. The lowest BCUT2D eigenvalue weighted by Gasteiger charge is -2.33. The van der Waals surface area contributed by atoms with Gasteiger partial charge in [0.15, 0.2) is 0 Å². The van der Waals surface area contributed by atoms with E-state index in [1.54, 1.807) is 73.7 Å². The second-order valence-electron chi connectivity index (χ2n) is 8.63. The van der Waals surface area contributed by atoms with Gasteiger partial charge in [0.2, 0.25) is 11.8 Å². The molecule has 0 spiro atoms. The molecule has 0 saturated carbocycles. The second-order valence-corrected chi connectivity index (χ2v) is 10.9. The van der Waals surface area contributed by atoms with Crippen LogP contribution < -0.4 is 9.62 Å². The third-order valence-corrected chi connectivity index (χ3v) is 7.98. The topological polar surface area (TPSA) is 86.8 Å². The summed E-state index contributed by atoms with van der Waals surface area (Å²) in [6.07, 6.45) is 0.362. The van der Waals surface area contributed by atoms with Crippen molar-refractivity contribution in [2.45, 2.75) is 44.7 Å². The molecule has 0 bridgehead atoms. The van der Waals surface area contributed by atoms with Crippen molar-refractivity contribution in [3.63, 3.8) is 0 Å². The molecule has 0 fully saturated rings. The molecule has 3 aromatic rings. The zero-order valence-corrected chi connectivity index (χ0v) is 22.8. The summed E-state index contributed by atoms with van der Waals surface area (Å²) < 4.78 is 28.6. The Morgan fingerprint density at radius 1 is 0.919 bits per heavy atom. The van der Waals surface area contributed by atoms with E-state index in [9.17, 15) is 18.0 Å². The molecule has 0 aliphatic rings. The number of rotatable bonds is 11. The molecule has 0 unspecified atom stereocenters. The Morgan fingerprint density at radius 2 is 1.54 bits per heavy atom. The fourth-order valence-electron chi connectivity index (χ4n) is 3.96. The molecule has 0 heterocycles. The molecule has 2 amide bonds. The largest absolute Gasteiger partial charge is 0.355 e. The molecule has 0 aliphatic carbocycles. The molecule has 0 aliphatic heterocycles. The van der Waals surface area contributed by atoms with E-state index in [2.05, 4.69) is 5.32 Å². The highest BCUT2D eigenvalue weighted by Gasteiger charge is 2.33. The van der Waals surface area contributed by atoms with Gasteiger partial charge < -0.3 is 10.2 Å². The number of nitrogens with one attached hydrogen (secondary N) is 1. The summed E-state index contributed by atoms with van der Waals surface area (Å²) >= 11 is 6.03. The van der Waals surface area contributed by atoms with Crippen LogP contribution in [0.2, 0.25) is 5.02 Å². The van der Waals surface area contributed by atoms with E-state index in [1.807, 2.05) is 13.8 Å². The molecule has 1 atom stereocenters. The third kappa shape index (κ3) is 7.11. The van der Waals surface area contributed by atoms with E-state index in [1.165, 1.54) is 17.0 Å². The van der Waals surface area contributed by atoms with E-state index < -0.39 is 28.5 Å². The minimum absolute atomic E-state index is 0.0785. The Bertz CT molecular complexity index is 1300. The molecular formula is C28H32ClN3O4S. The zero-order chi connectivity index (χ0) is 27.0. The number of benzene rings is 3. The molecule has 37 heavy (non-hydrogen) atoms. The van der Waals surface area contributed by atoms with Gasteiger partial charge in [0.05, 0.1) is 10.6 Å². The van der Waals surface area contributed by atoms with Crippen molar-refractivity contribution in [1.82, 2.24) is 10.2 Å². The first-order valence-corrected chi connectivity index (χ1v) is 13.9. The van der Waals surface area contributed by atoms with Crippen LogP contribution in [-0.2, 0) is 26.2 Å². The van der Waals surface area contributed by atoms with Gasteiger partial charge in [-0.1, -0.05) is 66.6 Å². The Morgan fingerprint density at radius 3 is 2.11 bits per heavy atom. The number of carbonyl (C=O) groups excluding carboxylic acids is 2. The number of likely N-dealkylation sites (N-methyl/N-ethyl adjacent to an activating group) is 1. The van der Waals surface area contributed by atoms with Crippen LogP contribution in [0, 0.1) is 6.92 Å². The fraction of sp³-hybridized carbons (Fsp3) is 0.286. The van der Waals surface area contributed by atoms with Crippen LogP contribution in [0.5, 0.6) is 0 Å². The Hall–Kier alpha value is -3.36. The molecule has 3 aromatic carbocycles. The predicted molar refractivity (Wildman–Crippen MR) is 147 cm³/mol. The van der Waals surface area contributed by atoms with Crippen LogP contribution in [0.25, 0.3) is 0 Å². The number of nitrogens with zero attached hydrogens (tertiary/aromatic N) is 2. The van der Waals surface area contributed by atoms with Gasteiger partial charge >= 0.3 is 0 Å². The molecule has 3 rings (SSSR count). The molecule has 9 heteroatoms. The summed E-state index contributed by atoms with van der Waals surface area (Å²) in [7, 11) is -4.07. The van der Waals surface area contributed by atoms with Gasteiger partial charge in [-0.15, -0.1) is 0 Å². The number of hydrogen-bond acceptors (Lipinski definition) is 4. The monoisotopic (exact) mass is 541 g/mol. The smallest absolute Gasteiger partial charge is 0.264 e. The third-order valence-electron chi connectivity index (χ3n) is 5.94. The van der Waals surface area contributed by atoms with Crippen LogP contribution in [0.3, 0.4) is 0 Å². The maximum Gasteiger partial charge on any atom is 0.264 e. The van der Waals surface area contributed by atoms with Gasteiger partial charge in [-0.2, -0.15) is 0 Å². The van der Waals surface area contributed by atoms with Crippen LogP contribution in [0.1, 0.15) is 31.4 Å². The summed E-state index contributed by atoms with van der Waals surface area (Å²) in [5.74, 6) is -0.785. The number of aryl methyl sites for hydroxylation is 1. The quantitative estimate of drug-likeness (QED) is 0.378.